The fourth-order valence-electron chi connectivity index (χ4n) is 2.32. The van der Waals surface area contributed by atoms with Crippen LogP contribution in [0.5, 0.6) is 0 Å². The molecule has 0 aromatic rings. The van der Waals surface area contributed by atoms with Crippen molar-refractivity contribution >= 4 is 12.0 Å². The van der Waals surface area contributed by atoms with Crippen LogP contribution >= 0.6 is 0 Å². The normalized spacial score (nSPS) is 16.4. The van der Waals surface area contributed by atoms with Crippen LogP contribution in [0, 0.1) is 0 Å². The number of hydrogen-bond donors (Lipinski definition) is 2. The van der Waals surface area contributed by atoms with Crippen molar-refractivity contribution < 1.29 is 19.8 Å². The molecule has 1 aliphatic carbocycles. The third-order valence-electron chi connectivity index (χ3n) is 3.99. The maximum absolute atomic E-state index is 12.6. The van der Waals surface area contributed by atoms with E-state index in [-0.39, 0.29) is 31.3 Å². The van der Waals surface area contributed by atoms with E-state index >= 15 is 0 Å². The average Bonchev–Trinajstić information content (AvgIpc) is 2.36. The standard InChI is InChI=1S/C14H26N2O4/c1-3-11(2)16(10-13(18)19)14(20)15(8-5-9-17)12-6-4-7-12/h11-12,17H,3-10H2,1-2H3,(H,18,19). The molecule has 0 spiro atoms. The van der Waals surface area contributed by atoms with Gasteiger partial charge in [-0.1, -0.05) is 6.92 Å². The lowest BCUT2D eigenvalue weighted by molar-refractivity contribution is -0.138. The topological polar surface area (TPSA) is 81.1 Å². The molecule has 2 N–H and O–H groups in total. The molecule has 6 heteroatoms. The van der Waals surface area contributed by atoms with Crippen molar-refractivity contribution in [1.29, 1.82) is 0 Å². The SMILES string of the molecule is CCC(C)N(CC(=O)O)C(=O)N(CCCO)C1CCC1. The number of aliphatic hydroxyl groups excluding tert-OH is 1. The second-order valence-corrected chi connectivity index (χ2v) is 5.42. The molecule has 0 heterocycles. The fourth-order valence-corrected chi connectivity index (χ4v) is 2.32. The van der Waals surface area contributed by atoms with Gasteiger partial charge in [0.1, 0.15) is 6.54 Å². The third-order valence-corrected chi connectivity index (χ3v) is 3.99. The second kappa shape index (κ2) is 8.09. The molecular weight excluding hydrogens is 260 g/mol. The van der Waals surface area contributed by atoms with Crippen molar-refractivity contribution in [1.82, 2.24) is 9.80 Å². The maximum atomic E-state index is 12.6. The van der Waals surface area contributed by atoms with Crippen molar-refractivity contribution in [2.75, 3.05) is 19.7 Å². The Kier molecular flexibility index (Phi) is 6.78. The predicted molar refractivity (Wildman–Crippen MR) is 75.5 cm³/mol. The van der Waals surface area contributed by atoms with Crippen LogP contribution in [0.15, 0.2) is 0 Å². The van der Waals surface area contributed by atoms with Gasteiger partial charge in [0.2, 0.25) is 0 Å². The van der Waals surface area contributed by atoms with E-state index in [1.165, 1.54) is 4.90 Å². The molecule has 1 saturated carbocycles. The Hall–Kier alpha value is -1.30. The molecule has 1 aliphatic rings. The van der Waals surface area contributed by atoms with Gasteiger partial charge in [0.15, 0.2) is 0 Å². The molecule has 1 fully saturated rings. The van der Waals surface area contributed by atoms with Crippen LogP contribution in [0.25, 0.3) is 0 Å². The summed E-state index contributed by atoms with van der Waals surface area (Å²) in [6.07, 6.45) is 4.30. The molecule has 1 unspecified atom stereocenters. The molecule has 0 bridgehead atoms. The molecule has 2 amide bonds. The van der Waals surface area contributed by atoms with Gasteiger partial charge in [-0.25, -0.2) is 4.79 Å². The van der Waals surface area contributed by atoms with Crippen molar-refractivity contribution in [2.45, 2.75) is 58.0 Å². The lowest BCUT2D eigenvalue weighted by Crippen LogP contribution is -2.54. The molecule has 0 aromatic heterocycles. The van der Waals surface area contributed by atoms with Crippen LogP contribution in [-0.2, 0) is 4.79 Å². The summed E-state index contributed by atoms with van der Waals surface area (Å²) in [6.45, 7) is 4.07. The number of aliphatic carboxylic acids is 1. The summed E-state index contributed by atoms with van der Waals surface area (Å²) < 4.78 is 0. The van der Waals surface area contributed by atoms with Gasteiger partial charge in [0.05, 0.1) is 0 Å². The zero-order valence-corrected chi connectivity index (χ0v) is 12.4. The number of carboxylic acid groups (broad SMARTS) is 1. The molecule has 1 rings (SSSR count). The van der Waals surface area contributed by atoms with Crippen LogP contribution in [0.4, 0.5) is 4.79 Å². The number of urea groups is 1. The highest BCUT2D eigenvalue weighted by atomic mass is 16.4. The summed E-state index contributed by atoms with van der Waals surface area (Å²) in [5.74, 6) is -0.991. The quantitative estimate of drug-likeness (QED) is 0.709. The number of carboxylic acids is 1. The molecule has 1 atom stereocenters. The summed E-state index contributed by atoms with van der Waals surface area (Å²) in [7, 11) is 0. The maximum Gasteiger partial charge on any atom is 0.323 e. The van der Waals surface area contributed by atoms with Crippen LogP contribution in [-0.4, -0.2) is 63.8 Å². The van der Waals surface area contributed by atoms with Gasteiger partial charge < -0.3 is 20.0 Å². The van der Waals surface area contributed by atoms with Crippen molar-refractivity contribution in [2.24, 2.45) is 0 Å². The molecule has 0 radical (unpaired) electrons. The minimum absolute atomic E-state index is 0.0404. The zero-order valence-electron chi connectivity index (χ0n) is 12.4. The highest BCUT2D eigenvalue weighted by Crippen LogP contribution is 2.26. The first-order chi connectivity index (χ1) is 9.51. The monoisotopic (exact) mass is 286 g/mol. The summed E-state index contributed by atoms with van der Waals surface area (Å²) >= 11 is 0. The highest BCUT2D eigenvalue weighted by Gasteiger charge is 2.33. The smallest absolute Gasteiger partial charge is 0.323 e. The average molecular weight is 286 g/mol. The first-order valence-corrected chi connectivity index (χ1v) is 7.41. The van der Waals surface area contributed by atoms with Gasteiger partial charge in [0, 0.05) is 25.2 Å². The van der Waals surface area contributed by atoms with E-state index in [1.54, 1.807) is 4.90 Å². The van der Waals surface area contributed by atoms with Crippen LogP contribution in [0.2, 0.25) is 0 Å². The lowest BCUT2D eigenvalue weighted by Gasteiger charge is -2.41. The van der Waals surface area contributed by atoms with Crippen LogP contribution < -0.4 is 0 Å². The Bertz CT molecular complexity index is 331. The van der Waals surface area contributed by atoms with Gasteiger partial charge in [-0.3, -0.25) is 4.79 Å². The highest BCUT2D eigenvalue weighted by molar-refractivity contribution is 5.80. The van der Waals surface area contributed by atoms with Crippen LogP contribution in [0.3, 0.4) is 0 Å². The van der Waals surface area contributed by atoms with Crippen molar-refractivity contribution in [3.8, 4) is 0 Å². The largest absolute Gasteiger partial charge is 0.480 e. The number of nitrogens with zero attached hydrogens (tertiary/aromatic N) is 2. The number of aliphatic hydroxyl groups is 1. The lowest BCUT2D eigenvalue weighted by atomic mass is 9.91. The van der Waals surface area contributed by atoms with Gasteiger partial charge >= 0.3 is 12.0 Å². The molecule has 116 valence electrons. The molecule has 0 aromatic carbocycles. The van der Waals surface area contributed by atoms with Gasteiger partial charge in [-0.15, -0.1) is 0 Å². The van der Waals surface area contributed by atoms with E-state index in [9.17, 15) is 9.59 Å². The number of amides is 2. The van der Waals surface area contributed by atoms with E-state index < -0.39 is 5.97 Å². The number of hydrogen-bond acceptors (Lipinski definition) is 3. The Balaban J connectivity index is 2.78. The van der Waals surface area contributed by atoms with E-state index in [4.69, 9.17) is 10.2 Å². The first kappa shape index (κ1) is 16.8. The summed E-state index contributed by atoms with van der Waals surface area (Å²) in [4.78, 5) is 26.8. The van der Waals surface area contributed by atoms with E-state index in [1.807, 2.05) is 13.8 Å². The summed E-state index contributed by atoms with van der Waals surface area (Å²) in [6, 6.07) is -0.107. The molecule has 0 aliphatic heterocycles. The van der Waals surface area contributed by atoms with Gasteiger partial charge in [0.25, 0.3) is 0 Å². The van der Waals surface area contributed by atoms with Crippen molar-refractivity contribution in [3.63, 3.8) is 0 Å². The molecule has 0 saturated heterocycles. The molecule has 6 nitrogen and oxygen atoms in total. The number of carbonyl (C=O) groups excluding carboxylic acids is 1. The Morgan fingerprint density at radius 2 is 2.00 bits per heavy atom. The second-order valence-electron chi connectivity index (χ2n) is 5.42. The van der Waals surface area contributed by atoms with Gasteiger partial charge in [-0.05, 0) is 39.0 Å². The van der Waals surface area contributed by atoms with E-state index in [0.29, 0.717) is 13.0 Å². The number of carbonyl (C=O) groups is 2. The Morgan fingerprint density at radius 1 is 1.35 bits per heavy atom. The van der Waals surface area contributed by atoms with Crippen LogP contribution in [0.1, 0.15) is 46.0 Å². The summed E-state index contributed by atoms with van der Waals surface area (Å²) in [5, 5.41) is 18.0. The minimum Gasteiger partial charge on any atom is -0.480 e. The molecule has 20 heavy (non-hydrogen) atoms. The minimum atomic E-state index is -0.991. The zero-order chi connectivity index (χ0) is 15.1. The summed E-state index contributed by atoms with van der Waals surface area (Å²) in [5.41, 5.74) is 0. The van der Waals surface area contributed by atoms with Crippen molar-refractivity contribution in [3.05, 3.63) is 0 Å². The Morgan fingerprint density at radius 3 is 2.40 bits per heavy atom. The number of rotatable bonds is 8. The molecular formula is C14H26N2O4. The predicted octanol–water partition coefficient (Wildman–Crippen LogP) is 1.53. The van der Waals surface area contributed by atoms with E-state index in [0.717, 1.165) is 25.7 Å². The first-order valence-electron chi connectivity index (χ1n) is 7.41. The Labute approximate surface area is 120 Å². The van der Waals surface area contributed by atoms with Gasteiger partial charge in [-0.2, -0.15) is 0 Å². The third kappa shape index (κ3) is 4.37. The fraction of sp³-hybridized carbons (Fsp3) is 0.857. The van der Waals surface area contributed by atoms with E-state index in [2.05, 4.69) is 0 Å².